The summed E-state index contributed by atoms with van der Waals surface area (Å²) in [6.45, 7) is -0.487. The number of nitrogens with one attached hydrogen (secondary N) is 1. The van der Waals surface area contributed by atoms with E-state index in [1.165, 1.54) is 18.2 Å². The Balaban J connectivity index is 2.56. The van der Waals surface area contributed by atoms with E-state index in [2.05, 4.69) is 21.2 Å². The third kappa shape index (κ3) is 4.64. The molecule has 1 rings (SSSR count). The first-order valence-electron chi connectivity index (χ1n) is 4.63. The van der Waals surface area contributed by atoms with E-state index in [4.69, 9.17) is 0 Å². The molecule has 0 aromatic heterocycles. The highest BCUT2D eigenvalue weighted by molar-refractivity contribution is 9.10. The number of carbonyl (C=O) groups is 1. The Morgan fingerprint density at radius 1 is 1.41 bits per heavy atom. The number of carbonyl (C=O) groups excluding carboxylic acids is 1. The summed E-state index contributed by atoms with van der Waals surface area (Å²) in [6, 6.07) is 4.01. The number of rotatable bonds is 3. The first-order valence-corrected chi connectivity index (χ1v) is 5.42. The van der Waals surface area contributed by atoms with Crippen molar-refractivity contribution < 1.29 is 23.1 Å². The van der Waals surface area contributed by atoms with E-state index in [0.717, 1.165) is 0 Å². The van der Waals surface area contributed by atoms with Crippen molar-refractivity contribution in [3.8, 4) is 5.75 Å². The Labute approximate surface area is 104 Å². The fourth-order valence-electron chi connectivity index (χ4n) is 1.07. The lowest BCUT2D eigenvalue weighted by atomic mass is 10.2. The van der Waals surface area contributed by atoms with Crippen LogP contribution >= 0.6 is 15.9 Å². The van der Waals surface area contributed by atoms with Gasteiger partial charge in [-0.1, -0.05) is 0 Å². The summed E-state index contributed by atoms with van der Waals surface area (Å²) in [6.07, 6.45) is -5.38. The van der Waals surface area contributed by atoms with E-state index in [-0.39, 0.29) is 11.3 Å². The van der Waals surface area contributed by atoms with Crippen LogP contribution in [0, 0.1) is 0 Å². The van der Waals surface area contributed by atoms with E-state index < -0.39 is 25.0 Å². The summed E-state index contributed by atoms with van der Waals surface area (Å²) in [5.41, 5.74) is 0.105. The fraction of sp³-hybridized carbons (Fsp3) is 0.300. The van der Waals surface area contributed by atoms with Crippen LogP contribution in [-0.2, 0) is 0 Å². The Morgan fingerprint density at radius 2 is 2.06 bits per heavy atom. The molecule has 7 heteroatoms. The highest BCUT2D eigenvalue weighted by atomic mass is 79.9. The quantitative estimate of drug-likeness (QED) is 0.902. The van der Waals surface area contributed by atoms with Crippen molar-refractivity contribution in [3.05, 3.63) is 28.2 Å². The lowest BCUT2D eigenvalue weighted by Gasteiger charge is -2.08. The predicted molar refractivity (Wildman–Crippen MR) is 58.8 cm³/mol. The molecule has 0 saturated heterocycles. The molecule has 0 radical (unpaired) electrons. The average Bonchev–Trinajstić information content (AvgIpc) is 2.20. The minimum atomic E-state index is -4.30. The molecule has 1 aromatic rings. The molecule has 3 nitrogen and oxygen atoms in total. The van der Waals surface area contributed by atoms with E-state index in [1.807, 2.05) is 0 Å². The molecule has 17 heavy (non-hydrogen) atoms. The van der Waals surface area contributed by atoms with Gasteiger partial charge in [0.15, 0.2) is 0 Å². The van der Waals surface area contributed by atoms with Crippen LogP contribution in [0.4, 0.5) is 13.2 Å². The minimum absolute atomic E-state index is 0.105. The number of halogens is 4. The Kier molecular flexibility index (Phi) is 4.39. The van der Waals surface area contributed by atoms with Gasteiger partial charge < -0.3 is 10.4 Å². The zero-order valence-electron chi connectivity index (χ0n) is 8.51. The van der Waals surface area contributed by atoms with Gasteiger partial charge in [-0.05, 0) is 34.1 Å². The third-order valence-electron chi connectivity index (χ3n) is 1.90. The monoisotopic (exact) mass is 311 g/mol. The molecule has 0 aliphatic heterocycles. The highest BCUT2D eigenvalue weighted by Crippen LogP contribution is 2.24. The van der Waals surface area contributed by atoms with Gasteiger partial charge in [0.2, 0.25) is 0 Å². The number of amides is 1. The maximum Gasteiger partial charge on any atom is 0.390 e. The average molecular weight is 312 g/mol. The first-order chi connectivity index (χ1) is 7.79. The lowest BCUT2D eigenvalue weighted by molar-refractivity contribution is -0.132. The Bertz CT molecular complexity index is 421. The zero-order chi connectivity index (χ0) is 13.1. The number of benzene rings is 1. The van der Waals surface area contributed by atoms with Crippen LogP contribution in [0.3, 0.4) is 0 Å². The minimum Gasteiger partial charge on any atom is -0.507 e. The summed E-state index contributed by atoms with van der Waals surface area (Å²) in [5, 5.41) is 11.4. The van der Waals surface area contributed by atoms with Gasteiger partial charge in [0.1, 0.15) is 5.75 Å². The molecule has 0 aliphatic rings. The van der Waals surface area contributed by atoms with Crippen molar-refractivity contribution in [2.24, 2.45) is 0 Å². The second-order valence-corrected chi connectivity index (χ2v) is 4.14. The lowest BCUT2D eigenvalue weighted by Crippen LogP contribution is -2.27. The molecule has 1 aromatic carbocycles. The van der Waals surface area contributed by atoms with Gasteiger partial charge in [0.25, 0.3) is 5.91 Å². The van der Waals surface area contributed by atoms with E-state index in [1.54, 1.807) is 0 Å². The normalized spacial score (nSPS) is 11.3. The van der Waals surface area contributed by atoms with Crippen LogP contribution in [0.1, 0.15) is 16.8 Å². The second kappa shape index (κ2) is 5.39. The van der Waals surface area contributed by atoms with Crippen molar-refractivity contribution in [1.82, 2.24) is 5.32 Å². The molecule has 0 fully saturated rings. The molecule has 0 bridgehead atoms. The van der Waals surface area contributed by atoms with Crippen LogP contribution in [0.2, 0.25) is 0 Å². The van der Waals surface area contributed by atoms with Crippen LogP contribution < -0.4 is 5.32 Å². The molecule has 1 amide bonds. The Morgan fingerprint density at radius 3 is 2.59 bits per heavy atom. The van der Waals surface area contributed by atoms with Gasteiger partial charge in [-0.3, -0.25) is 4.79 Å². The summed E-state index contributed by atoms with van der Waals surface area (Å²) >= 11 is 3.03. The van der Waals surface area contributed by atoms with E-state index >= 15 is 0 Å². The van der Waals surface area contributed by atoms with Crippen LogP contribution in [0.25, 0.3) is 0 Å². The zero-order valence-corrected chi connectivity index (χ0v) is 10.1. The van der Waals surface area contributed by atoms with Crippen LogP contribution in [0.5, 0.6) is 5.75 Å². The van der Waals surface area contributed by atoms with Crippen LogP contribution in [0.15, 0.2) is 22.7 Å². The number of phenolic OH excluding ortho intramolecular Hbond substituents is 1. The summed E-state index contributed by atoms with van der Waals surface area (Å²) in [5.74, 6) is -0.800. The van der Waals surface area contributed by atoms with Gasteiger partial charge in [0.05, 0.1) is 10.9 Å². The molecule has 0 atom stereocenters. The number of phenols is 1. The molecule has 0 aliphatic carbocycles. The molecule has 94 valence electrons. The fourth-order valence-corrected chi connectivity index (χ4v) is 1.32. The standard InChI is InChI=1S/C10H9BrF3NO2/c11-7-2-1-6(5-8(7)16)9(17)15-4-3-10(12,13)14/h1-2,5,16H,3-4H2,(H,15,17). The van der Waals surface area contributed by atoms with Crippen molar-refractivity contribution in [3.63, 3.8) is 0 Å². The number of alkyl halides is 3. The number of hydrogen-bond donors (Lipinski definition) is 2. The van der Waals surface area contributed by atoms with Crippen molar-refractivity contribution >= 4 is 21.8 Å². The summed E-state index contributed by atoms with van der Waals surface area (Å²) in [7, 11) is 0. The third-order valence-corrected chi connectivity index (χ3v) is 2.57. The Hall–Kier alpha value is -1.24. The van der Waals surface area contributed by atoms with Gasteiger partial charge >= 0.3 is 6.18 Å². The maximum atomic E-state index is 11.8. The summed E-state index contributed by atoms with van der Waals surface area (Å²) in [4.78, 5) is 11.4. The van der Waals surface area contributed by atoms with Crippen molar-refractivity contribution in [1.29, 1.82) is 0 Å². The first kappa shape index (κ1) is 13.8. The molecule has 2 N–H and O–H groups in total. The summed E-state index contributed by atoms with van der Waals surface area (Å²) < 4.78 is 35.9. The second-order valence-electron chi connectivity index (χ2n) is 3.29. The number of aromatic hydroxyl groups is 1. The van der Waals surface area contributed by atoms with Gasteiger partial charge in [-0.25, -0.2) is 0 Å². The van der Waals surface area contributed by atoms with Crippen molar-refractivity contribution in [2.45, 2.75) is 12.6 Å². The molecule has 0 saturated carbocycles. The molecular weight excluding hydrogens is 303 g/mol. The highest BCUT2D eigenvalue weighted by Gasteiger charge is 2.26. The van der Waals surface area contributed by atoms with Gasteiger partial charge in [0, 0.05) is 12.1 Å². The van der Waals surface area contributed by atoms with Crippen LogP contribution in [-0.4, -0.2) is 23.7 Å². The van der Waals surface area contributed by atoms with Gasteiger partial charge in [-0.15, -0.1) is 0 Å². The number of hydrogen-bond acceptors (Lipinski definition) is 2. The SMILES string of the molecule is O=C(NCCC(F)(F)F)c1ccc(Br)c(O)c1. The maximum absolute atomic E-state index is 11.8. The molecule has 0 spiro atoms. The molecule has 0 heterocycles. The van der Waals surface area contributed by atoms with E-state index in [0.29, 0.717) is 4.47 Å². The molecule has 0 unspecified atom stereocenters. The van der Waals surface area contributed by atoms with E-state index in [9.17, 15) is 23.1 Å². The van der Waals surface area contributed by atoms with Crippen molar-refractivity contribution in [2.75, 3.05) is 6.54 Å². The predicted octanol–water partition coefficient (Wildman–Crippen LogP) is 2.84. The smallest absolute Gasteiger partial charge is 0.390 e. The molecular formula is C10H9BrF3NO2. The largest absolute Gasteiger partial charge is 0.507 e. The van der Waals surface area contributed by atoms with Gasteiger partial charge in [-0.2, -0.15) is 13.2 Å². The topological polar surface area (TPSA) is 49.3 Å².